The number of aromatic hydroxyl groups is 2. The number of benzene rings is 5. The third-order valence-corrected chi connectivity index (χ3v) is 20.6. The number of nitrogens with two attached hydrogens (primary N) is 1. The molecule has 2 unspecified atom stereocenters. The number of hydrogen-bond donors (Lipinski definition) is 7. The highest BCUT2D eigenvalue weighted by molar-refractivity contribution is 7.80. The van der Waals surface area contributed by atoms with E-state index in [0.717, 1.165) is 72.4 Å². The average molecular weight is 1310 g/mol. The summed E-state index contributed by atoms with van der Waals surface area (Å²) in [5.74, 6) is 4.32. The van der Waals surface area contributed by atoms with Crippen LogP contribution in [0.3, 0.4) is 0 Å². The van der Waals surface area contributed by atoms with Crippen LogP contribution < -0.4 is 64.9 Å². The number of carbonyl (C=O) groups excluding carboxylic acids is 2. The molecule has 95 heavy (non-hydrogen) atoms. The van der Waals surface area contributed by atoms with Crippen molar-refractivity contribution in [3.63, 3.8) is 0 Å². The van der Waals surface area contributed by atoms with E-state index in [0.29, 0.717) is 83.4 Å². The molecular weight excluding hydrogens is 1230 g/mol. The molecule has 2 amide bonds. The number of carbonyl (C=O) groups is 2. The number of piperazine rings is 2. The van der Waals surface area contributed by atoms with E-state index in [9.17, 15) is 30.3 Å². The highest BCUT2D eigenvalue weighted by Crippen LogP contribution is 2.61. The summed E-state index contributed by atoms with van der Waals surface area (Å²) in [6.07, 6.45) is 5.51. The van der Waals surface area contributed by atoms with Gasteiger partial charge in [-0.25, -0.2) is 0 Å². The number of hydrogen-bond acceptors (Lipinski definition) is 20. The molecule has 5 aromatic rings. The average Bonchev–Trinajstić information content (AvgIpc) is 1.31. The van der Waals surface area contributed by atoms with Crippen molar-refractivity contribution < 1.29 is 57.7 Å². The van der Waals surface area contributed by atoms with Crippen LogP contribution in [0, 0.1) is 50.4 Å². The number of nitrogens with zero attached hydrogens (tertiary/aromatic N) is 6. The summed E-state index contributed by atoms with van der Waals surface area (Å²) >= 11 is 5.51. The molecule has 0 spiro atoms. The number of phenols is 2. The van der Waals surface area contributed by atoms with Crippen molar-refractivity contribution in [2.45, 2.75) is 140 Å². The molecule has 0 saturated carbocycles. The number of methoxy groups -OCH3 is 2. The van der Waals surface area contributed by atoms with Gasteiger partial charge in [0.15, 0.2) is 51.1 Å². The third kappa shape index (κ3) is 11.2. The zero-order valence-electron chi connectivity index (χ0n) is 55.3. The lowest BCUT2D eigenvalue weighted by Gasteiger charge is -2.60. The largest absolute Gasteiger partial charge is 0.504 e. The smallest absolute Gasteiger partial charge is 0.242 e. The maximum Gasteiger partial charge on any atom is 0.242 e. The predicted octanol–water partition coefficient (Wildman–Crippen LogP) is 7.12. The van der Waals surface area contributed by atoms with Crippen LogP contribution in [0.5, 0.6) is 57.5 Å². The summed E-state index contributed by atoms with van der Waals surface area (Å²) in [4.78, 5) is 35.4. The van der Waals surface area contributed by atoms with Crippen molar-refractivity contribution in [2.75, 3.05) is 73.5 Å². The summed E-state index contributed by atoms with van der Waals surface area (Å²) in [6.45, 7) is 19.9. The molecule has 500 valence electrons. The van der Waals surface area contributed by atoms with Gasteiger partial charge in [0.05, 0.1) is 56.6 Å². The van der Waals surface area contributed by atoms with Gasteiger partial charge in [-0.2, -0.15) is 10.5 Å². The van der Waals surface area contributed by atoms with Gasteiger partial charge in [-0.3, -0.25) is 29.2 Å². The lowest BCUT2D eigenvalue weighted by atomic mass is 9.71. The van der Waals surface area contributed by atoms with E-state index < -0.39 is 36.3 Å². The lowest BCUT2D eigenvalue weighted by molar-refractivity contribution is -0.124. The Bertz CT molecular complexity index is 4010. The molecule has 24 heteroatoms. The standard InChI is InChI=1S/C39H44N6O6S.C32H39N5O6/c1-7-13-49-35-21(3)36-37(51-19-50-36)31-25(35)16-27-32-30-23(14-20(2)34(48-6)33(30)46)15-26(44(32)5)28(17-40)45(27)29(31)18-41-38(47)22(4)42-39(52)43-24-11-9-8-10-12-24;1-7-8-41-29-16(3)30-31(43-14-42-30)25-19(29)11-21-26-24-18(9-15(2)28(40-6)27(24)38)10-20(36(26)5)22(12-33)37(21)23(25)13-35-32(39)17(4)34/h7-12,14,22,26-29,32,46H,1,13,15-16,18-19H2,2-6H3,(H,41,47)(H2,42,43,52);7,9,17,20-23,26,38H,1,8,10-11,13-14,34H2,2-6H3,(H,35,39)/t22-,26-,27?,28-,29-,32-;17-,20-,21?,22-,23-,26-/m00/s1. The molecule has 2 saturated heterocycles. The fraction of sp³-hybridized carbons (Fsp3) is 0.451. The summed E-state index contributed by atoms with van der Waals surface area (Å²) in [7, 11) is 7.17. The number of rotatable bonds is 16. The molecule has 2 fully saturated rings. The Morgan fingerprint density at radius 3 is 1.52 bits per heavy atom. The summed E-state index contributed by atoms with van der Waals surface area (Å²) in [5, 5.41) is 57.8. The van der Waals surface area contributed by atoms with Gasteiger partial charge in [-0.15, -0.1) is 0 Å². The molecule has 0 aromatic heterocycles. The summed E-state index contributed by atoms with van der Waals surface area (Å²) in [5.41, 5.74) is 17.2. The number of phenolic OH excluding ortho intramolecular Hbond substituents is 2. The number of amides is 2. The lowest BCUT2D eigenvalue weighted by Crippen LogP contribution is -2.69. The number of nitriles is 2. The molecule has 8 heterocycles. The van der Waals surface area contributed by atoms with Crippen LogP contribution in [0.15, 0.2) is 67.8 Å². The van der Waals surface area contributed by atoms with Crippen molar-refractivity contribution in [1.82, 2.24) is 35.6 Å². The van der Waals surface area contributed by atoms with E-state index in [1.165, 1.54) is 0 Å². The number of anilines is 1. The number of ether oxygens (including phenoxy) is 8. The maximum atomic E-state index is 13.8. The zero-order chi connectivity index (χ0) is 67.6. The second-order valence-corrected chi connectivity index (χ2v) is 26.1. The highest BCUT2D eigenvalue weighted by atomic mass is 32.1. The Hall–Kier alpha value is -9.01. The van der Waals surface area contributed by atoms with Crippen molar-refractivity contribution in [1.29, 1.82) is 10.5 Å². The Morgan fingerprint density at radius 2 is 1.11 bits per heavy atom. The normalized spacial score (nSPS) is 24.4. The summed E-state index contributed by atoms with van der Waals surface area (Å²) in [6, 6.07) is 14.0. The Morgan fingerprint density at radius 1 is 0.674 bits per heavy atom. The van der Waals surface area contributed by atoms with E-state index in [4.69, 9.17) is 55.8 Å². The first-order valence-corrected chi connectivity index (χ1v) is 32.5. The van der Waals surface area contributed by atoms with Gasteiger partial charge in [0, 0.05) is 87.5 Å². The zero-order valence-corrected chi connectivity index (χ0v) is 56.1. The third-order valence-electron chi connectivity index (χ3n) is 20.3. The van der Waals surface area contributed by atoms with Gasteiger partial charge in [0.25, 0.3) is 0 Å². The van der Waals surface area contributed by atoms with Crippen LogP contribution in [0.2, 0.25) is 0 Å². The number of fused-ring (bicyclic) bond motifs is 18. The number of aryl methyl sites for hydroxylation is 2. The van der Waals surface area contributed by atoms with Crippen LogP contribution in [-0.4, -0.2) is 163 Å². The summed E-state index contributed by atoms with van der Waals surface area (Å²) < 4.78 is 48.2. The minimum atomic E-state index is -0.702. The molecule has 0 aliphatic carbocycles. The number of thiocarbonyl (C=S) groups is 1. The van der Waals surface area contributed by atoms with Crippen LogP contribution in [0.1, 0.15) is 105 Å². The maximum absolute atomic E-state index is 13.8. The van der Waals surface area contributed by atoms with Gasteiger partial charge in [-0.05, 0) is 128 Å². The molecule has 8 N–H and O–H groups in total. The van der Waals surface area contributed by atoms with Gasteiger partial charge in [-0.1, -0.05) is 55.6 Å². The van der Waals surface area contributed by atoms with Crippen LogP contribution in [0.25, 0.3) is 0 Å². The Labute approximate surface area is 559 Å². The highest BCUT2D eigenvalue weighted by Gasteiger charge is 2.59. The number of nitrogens with one attached hydrogen (secondary N) is 4. The molecule has 23 nitrogen and oxygen atoms in total. The Balaban J connectivity index is 0.000000185. The van der Waals surface area contributed by atoms with Crippen molar-refractivity contribution in [3.05, 3.63) is 135 Å². The fourth-order valence-electron chi connectivity index (χ4n) is 16.4. The van der Waals surface area contributed by atoms with E-state index in [-0.39, 0.29) is 92.8 Å². The van der Waals surface area contributed by atoms with Crippen LogP contribution in [0.4, 0.5) is 5.69 Å². The first kappa shape index (κ1) is 66.0. The molecule has 12 atom stereocenters. The number of para-hydroxylation sites is 1. The fourth-order valence-corrected chi connectivity index (χ4v) is 16.7. The minimum Gasteiger partial charge on any atom is -0.504 e. The predicted molar refractivity (Wildman–Crippen MR) is 359 cm³/mol. The Kier molecular flexibility index (Phi) is 18.5. The van der Waals surface area contributed by atoms with E-state index in [1.54, 1.807) is 40.2 Å². The van der Waals surface area contributed by atoms with Crippen molar-refractivity contribution in [2.24, 2.45) is 5.73 Å². The van der Waals surface area contributed by atoms with Gasteiger partial charge in [0.2, 0.25) is 25.4 Å². The molecular formula is C71H83N11O12S. The quantitative estimate of drug-likeness (QED) is 0.0382. The second-order valence-electron chi connectivity index (χ2n) is 25.7. The van der Waals surface area contributed by atoms with E-state index in [1.807, 2.05) is 72.1 Å². The monoisotopic (exact) mass is 1310 g/mol. The van der Waals surface area contributed by atoms with Crippen molar-refractivity contribution in [3.8, 4) is 69.6 Å². The van der Waals surface area contributed by atoms with E-state index in [2.05, 4.69) is 78.3 Å². The molecule has 13 rings (SSSR count). The minimum absolute atomic E-state index is 0.0406. The van der Waals surface area contributed by atoms with Gasteiger partial charge >= 0.3 is 0 Å². The van der Waals surface area contributed by atoms with Crippen LogP contribution in [-0.2, 0) is 35.3 Å². The van der Waals surface area contributed by atoms with Crippen molar-refractivity contribution >= 4 is 34.8 Å². The topological polar surface area (TPSA) is 283 Å². The molecule has 4 bridgehead atoms. The van der Waals surface area contributed by atoms with Gasteiger partial charge in [0.1, 0.15) is 42.8 Å². The molecule has 5 aromatic carbocycles. The van der Waals surface area contributed by atoms with Gasteiger partial charge < -0.3 is 75.1 Å². The molecule has 0 radical (unpaired) electrons. The van der Waals surface area contributed by atoms with E-state index >= 15 is 0 Å². The second kappa shape index (κ2) is 26.7. The first-order valence-electron chi connectivity index (χ1n) is 32.1. The molecule has 8 aliphatic rings. The SMILES string of the molecule is C=CCOc1c(C)c2c(c3c1CC1[C@H]4c5c(cc(C)c(OC)c5O)C[C@@H]([C@H](C#N)N1[C@H]3CNC(=O)[C@H](C)N)N4C)OCO2.C=CCOc1c(C)c2c(c3c1CC1[C@H]4c5c(cc(C)c(OC)c5O)C[C@@H]([C@H](C#N)N1[C@H]3CNC(=O)[C@H](C)NC(=S)Nc1ccccc1)N4C)OCO2. The number of likely N-dealkylation sites (N-methyl/N-ethyl adjacent to an activating group) is 2. The van der Waals surface area contributed by atoms with Crippen LogP contribution >= 0.6 is 12.2 Å². The molecule has 8 aliphatic heterocycles. The first-order chi connectivity index (χ1) is 45.7.